The fraction of sp³-hybridized carbons (Fsp3) is 0. The van der Waals surface area contributed by atoms with Crippen molar-refractivity contribution >= 4 is 12.0 Å². The van der Waals surface area contributed by atoms with Crippen LogP contribution in [0.2, 0.25) is 0 Å². The van der Waals surface area contributed by atoms with Crippen LogP contribution in [0.3, 0.4) is 0 Å². The second-order valence-corrected chi connectivity index (χ2v) is 3.55. The van der Waals surface area contributed by atoms with Gasteiger partial charge in [0.25, 0.3) is 0 Å². The van der Waals surface area contributed by atoms with Crippen LogP contribution in [0.5, 0.6) is 0 Å². The highest BCUT2D eigenvalue weighted by Gasteiger charge is 2.09. The molecule has 0 unspecified atom stereocenters. The predicted octanol–water partition coefficient (Wildman–Crippen LogP) is 3.18. The summed E-state index contributed by atoms with van der Waals surface area (Å²) in [4.78, 5) is 10.7. The molecule has 0 atom stereocenters. The number of carboxylic acid groups (broad SMARTS) is 1. The Labute approximate surface area is 103 Å². The number of carbonyl (C=O) groups is 1. The van der Waals surface area contributed by atoms with Crippen LogP contribution in [0.15, 0.2) is 46.9 Å². The zero-order chi connectivity index (χ0) is 13.0. The highest BCUT2D eigenvalue weighted by Crippen LogP contribution is 2.22. The van der Waals surface area contributed by atoms with Crippen LogP contribution in [-0.2, 0) is 0 Å². The molecule has 2 rings (SSSR count). The van der Waals surface area contributed by atoms with Crippen LogP contribution in [0.1, 0.15) is 16.1 Å². The maximum Gasteiger partial charge on any atom is 0.371 e. The van der Waals surface area contributed by atoms with E-state index in [1.54, 1.807) is 12.1 Å². The normalized spacial score (nSPS) is 10.4. The Balaban J connectivity index is 2.26. The molecule has 1 heterocycles. The third kappa shape index (κ3) is 2.47. The minimum atomic E-state index is -1.09. The molecular weight excluding hydrogens is 230 g/mol. The fourth-order valence-electron chi connectivity index (χ4n) is 1.50. The molecule has 0 aliphatic carbocycles. The Morgan fingerprint density at radius 1 is 1.22 bits per heavy atom. The Bertz CT molecular complexity index is 630. The molecule has 1 aromatic carbocycles. The Morgan fingerprint density at radius 3 is 2.50 bits per heavy atom. The third-order valence-corrected chi connectivity index (χ3v) is 2.36. The summed E-state index contributed by atoms with van der Waals surface area (Å²) < 4.78 is 5.18. The lowest BCUT2D eigenvalue weighted by molar-refractivity contribution is 0.0663. The summed E-state index contributed by atoms with van der Waals surface area (Å²) in [7, 11) is 0. The molecule has 2 aromatic rings. The van der Waals surface area contributed by atoms with Crippen molar-refractivity contribution in [2.45, 2.75) is 0 Å². The van der Waals surface area contributed by atoms with Crippen molar-refractivity contribution in [3.05, 3.63) is 53.8 Å². The van der Waals surface area contributed by atoms with Crippen molar-refractivity contribution in [1.82, 2.24) is 0 Å². The Kier molecular flexibility index (Phi) is 3.26. The van der Waals surface area contributed by atoms with E-state index in [0.717, 1.165) is 11.1 Å². The van der Waals surface area contributed by atoms with E-state index in [1.165, 1.54) is 12.1 Å². The van der Waals surface area contributed by atoms with Crippen molar-refractivity contribution < 1.29 is 14.3 Å². The van der Waals surface area contributed by atoms with E-state index in [0.29, 0.717) is 5.76 Å². The number of benzene rings is 1. The van der Waals surface area contributed by atoms with Gasteiger partial charge in [0.15, 0.2) is 0 Å². The molecule has 0 aliphatic heterocycles. The molecule has 0 radical (unpaired) electrons. The number of aromatic carboxylic acids is 1. The molecule has 4 heteroatoms. The molecule has 0 fully saturated rings. The van der Waals surface area contributed by atoms with Crippen LogP contribution >= 0.6 is 0 Å². The first-order chi connectivity index (χ1) is 8.70. The summed E-state index contributed by atoms with van der Waals surface area (Å²) in [6.07, 6.45) is 3.08. The van der Waals surface area contributed by atoms with Gasteiger partial charge in [-0.2, -0.15) is 5.26 Å². The maximum atomic E-state index is 10.7. The van der Waals surface area contributed by atoms with E-state index in [9.17, 15) is 4.79 Å². The highest BCUT2D eigenvalue weighted by molar-refractivity contribution is 5.85. The second kappa shape index (κ2) is 5.02. The molecule has 1 N–H and O–H groups in total. The number of hydrogen-bond donors (Lipinski definition) is 1. The van der Waals surface area contributed by atoms with Gasteiger partial charge in [-0.25, -0.2) is 4.79 Å². The molecule has 0 aliphatic rings. The second-order valence-electron chi connectivity index (χ2n) is 3.55. The summed E-state index contributed by atoms with van der Waals surface area (Å²) in [5.41, 5.74) is 1.68. The molecule has 18 heavy (non-hydrogen) atoms. The summed E-state index contributed by atoms with van der Waals surface area (Å²) >= 11 is 0. The van der Waals surface area contributed by atoms with Crippen LogP contribution < -0.4 is 0 Å². The summed E-state index contributed by atoms with van der Waals surface area (Å²) in [6.45, 7) is 0. The lowest BCUT2D eigenvalue weighted by Gasteiger charge is -1.97. The van der Waals surface area contributed by atoms with E-state index in [-0.39, 0.29) is 5.76 Å². The predicted molar refractivity (Wildman–Crippen MR) is 65.8 cm³/mol. The third-order valence-electron chi connectivity index (χ3n) is 2.36. The Morgan fingerprint density at radius 2 is 1.94 bits per heavy atom. The van der Waals surface area contributed by atoms with Crippen molar-refractivity contribution in [3.63, 3.8) is 0 Å². The SMILES string of the molecule is N#CC=Cc1ccc(-c2ccc(C(=O)O)o2)cc1. The van der Waals surface area contributed by atoms with Gasteiger partial charge in [0, 0.05) is 11.6 Å². The zero-order valence-corrected chi connectivity index (χ0v) is 9.33. The first kappa shape index (κ1) is 11.7. The molecule has 0 bridgehead atoms. The van der Waals surface area contributed by atoms with Crippen molar-refractivity contribution in [1.29, 1.82) is 5.26 Å². The summed E-state index contributed by atoms with van der Waals surface area (Å²) in [5.74, 6) is -0.670. The first-order valence-electron chi connectivity index (χ1n) is 5.20. The number of rotatable bonds is 3. The van der Waals surface area contributed by atoms with Crippen molar-refractivity contribution in [3.8, 4) is 17.4 Å². The topological polar surface area (TPSA) is 74.2 Å². The molecule has 88 valence electrons. The number of nitrogens with zero attached hydrogens (tertiary/aromatic N) is 1. The van der Waals surface area contributed by atoms with E-state index in [4.69, 9.17) is 14.8 Å². The number of carboxylic acids is 1. The Hall–Kier alpha value is -2.80. The first-order valence-corrected chi connectivity index (χ1v) is 5.20. The monoisotopic (exact) mass is 239 g/mol. The minimum Gasteiger partial charge on any atom is -0.475 e. The van der Waals surface area contributed by atoms with Crippen LogP contribution in [0, 0.1) is 11.3 Å². The lowest BCUT2D eigenvalue weighted by atomic mass is 10.1. The smallest absolute Gasteiger partial charge is 0.371 e. The molecule has 0 amide bonds. The maximum absolute atomic E-state index is 10.7. The zero-order valence-electron chi connectivity index (χ0n) is 9.33. The minimum absolute atomic E-state index is 0.0848. The molecular formula is C14H9NO3. The number of allylic oxidation sites excluding steroid dienone is 1. The number of nitriles is 1. The summed E-state index contributed by atoms with van der Waals surface area (Å²) in [6, 6.07) is 12.2. The van der Waals surface area contributed by atoms with Crippen LogP contribution in [-0.4, -0.2) is 11.1 Å². The van der Waals surface area contributed by atoms with Crippen molar-refractivity contribution in [2.24, 2.45) is 0 Å². The van der Waals surface area contributed by atoms with Gasteiger partial charge in [-0.3, -0.25) is 0 Å². The van der Waals surface area contributed by atoms with E-state index < -0.39 is 5.97 Å². The summed E-state index contributed by atoms with van der Waals surface area (Å²) in [5, 5.41) is 17.2. The van der Waals surface area contributed by atoms with Gasteiger partial charge in [-0.1, -0.05) is 24.3 Å². The van der Waals surface area contributed by atoms with E-state index in [1.807, 2.05) is 30.3 Å². The number of hydrogen-bond acceptors (Lipinski definition) is 3. The van der Waals surface area contributed by atoms with Crippen LogP contribution in [0.4, 0.5) is 0 Å². The average Bonchev–Trinajstić information content (AvgIpc) is 2.87. The lowest BCUT2D eigenvalue weighted by Crippen LogP contribution is -1.91. The van der Waals surface area contributed by atoms with Gasteiger partial charge < -0.3 is 9.52 Å². The van der Waals surface area contributed by atoms with Gasteiger partial charge in [0.2, 0.25) is 5.76 Å². The fourth-order valence-corrected chi connectivity index (χ4v) is 1.50. The molecule has 4 nitrogen and oxygen atoms in total. The molecule has 0 saturated heterocycles. The van der Waals surface area contributed by atoms with Gasteiger partial charge in [0.05, 0.1) is 6.07 Å². The van der Waals surface area contributed by atoms with Gasteiger partial charge >= 0.3 is 5.97 Å². The van der Waals surface area contributed by atoms with E-state index >= 15 is 0 Å². The molecule has 1 aromatic heterocycles. The van der Waals surface area contributed by atoms with Crippen molar-refractivity contribution in [2.75, 3.05) is 0 Å². The number of furan rings is 1. The van der Waals surface area contributed by atoms with Gasteiger partial charge in [-0.05, 0) is 23.8 Å². The quantitative estimate of drug-likeness (QED) is 0.834. The standard InChI is InChI=1S/C14H9NO3/c15-9-1-2-10-3-5-11(6-4-10)12-7-8-13(18-12)14(16)17/h1-8H,(H,16,17). The molecule has 0 saturated carbocycles. The highest BCUT2D eigenvalue weighted by atomic mass is 16.4. The van der Waals surface area contributed by atoms with Gasteiger partial charge in [-0.15, -0.1) is 0 Å². The average molecular weight is 239 g/mol. The largest absolute Gasteiger partial charge is 0.475 e. The van der Waals surface area contributed by atoms with Gasteiger partial charge in [0.1, 0.15) is 5.76 Å². The molecule has 0 spiro atoms. The van der Waals surface area contributed by atoms with E-state index in [2.05, 4.69) is 0 Å². The van der Waals surface area contributed by atoms with Crippen LogP contribution in [0.25, 0.3) is 17.4 Å².